The summed E-state index contributed by atoms with van der Waals surface area (Å²) >= 11 is 0. The van der Waals surface area contributed by atoms with E-state index in [0.29, 0.717) is 18.2 Å². The molecule has 0 amide bonds. The van der Waals surface area contributed by atoms with Crippen molar-refractivity contribution < 1.29 is 12.8 Å². The average molecular weight is 400 g/mol. The highest BCUT2D eigenvalue weighted by Gasteiger charge is 2.18. The van der Waals surface area contributed by atoms with E-state index in [1.54, 1.807) is 12.1 Å². The molecule has 0 aliphatic heterocycles. The van der Waals surface area contributed by atoms with E-state index in [1.807, 2.05) is 43.3 Å². The molecule has 0 aliphatic rings. The minimum atomic E-state index is -3.58. The van der Waals surface area contributed by atoms with Crippen LogP contribution in [0.1, 0.15) is 37.8 Å². The molecule has 0 saturated heterocycles. The Morgan fingerprint density at radius 2 is 1.75 bits per heavy atom. The third-order valence-electron chi connectivity index (χ3n) is 4.39. The van der Waals surface area contributed by atoms with Crippen molar-refractivity contribution in [1.82, 2.24) is 14.9 Å². The van der Waals surface area contributed by atoms with Gasteiger partial charge < -0.3 is 4.42 Å². The van der Waals surface area contributed by atoms with Gasteiger partial charge in [0, 0.05) is 18.5 Å². The highest BCUT2D eigenvalue weighted by Crippen LogP contribution is 2.23. The first-order valence-corrected chi connectivity index (χ1v) is 10.6. The molecule has 148 valence electrons. The minimum Gasteiger partial charge on any atom is -0.421 e. The molecule has 7 heteroatoms. The van der Waals surface area contributed by atoms with Gasteiger partial charge in [-0.25, -0.2) is 13.1 Å². The molecule has 6 nitrogen and oxygen atoms in total. The Labute approximate surface area is 166 Å². The first-order valence-electron chi connectivity index (χ1n) is 9.15. The number of hydrogen-bond acceptors (Lipinski definition) is 5. The lowest BCUT2D eigenvalue weighted by Crippen LogP contribution is -2.26. The normalized spacial score (nSPS) is 12.3. The summed E-state index contributed by atoms with van der Waals surface area (Å²) in [5.74, 6) is 0.821. The van der Waals surface area contributed by atoms with E-state index in [9.17, 15) is 8.42 Å². The second-order valence-corrected chi connectivity index (χ2v) is 9.56. The van der Waals surface area contributed by atoms with E-state index in [1.165, 1.54) is 0 Å². The molecule has 1 aromatic heterocycles. The highest BCUT2D eigenvalue weighted by molar-refractivity contribution is 7.89. The maximum atomic E-state index is 12.5. The van der Waals surface area contributed by atoms with Crippen molar-refractivity contribution in [2.45, 2.75) is 44.4 Å². The van der Waals surface area contributed by atoms with Crippen LogP contribution in [0.25, 0.3) is 11.5 Å². The van der Waals surface area contributed by atoms with Gasteiger partial charge in [0.05, 0.1) is 4.90 Å². The van der Waals surface area contributed by atoms with Crippen LogP contribution in [-0.2, 0) is 21.9 Å². The molecule has 2 aromatic carbocycles. The Bertz CT molecular complexity index is 1050. The van der Waals surface area contributed by atoms with Crippen molar-refractivity contribution in [3.8, 4) is 11.5 Å². The maximum Gasteiger partial charge on any atom is 0.247 e. The lowest BCUT2D eigenvalue weighted by molar-refractivity contribution is 0.502. The third-order valence-corrected chi connectivity index (χ3v) is 5.87. The number of sulfonamides is 1. The van der Waals surface area contributed by atoms with Crippen LogP contribution < -0.4 is 4.72 Å². The quantitative estimate of drug-likeness (QED) is 0.680. The molecule has 0 aliphatic carbocycles. The van der Waals surface area contributed by atoms with Gasteiger partial charge in [0.25, 0.3) is 0 Å². The lowest BCUT2D eigenvalue weighted by atomic mass is 9.87. The number of benzene rings is 2. The zero-order chi connectivity index (χ0) is 20.4. The zero-order valence-electron chi connectivity index (χ0n) is 16.6. The van der Waals surface area contributed by atoms with Gasteiger partial charge in [-0.05, 0) is 42.2 Å². The number of aromatic nitrogens is 2. The summed E-state index contributed by atoms with van der Waals surface area (Å²) in [4.78, 5) is 0.242. The van der Waals surface area contributed by atoms with Gasteiger partial charge in [-0.15, -0.1) is 10.2 Å². The molecular weight excluding hydrogens is 374 g/mol. The second-order valence-electron chi connectivity index (χ2n) is 7.79. The fraction of sp³-hybridized carbons (Fsp3) is 0.333. The number of nitrogens with zero attached hydrogens (tertiary/aromatic N) is 2. The van der Waals surface area contributed by atoms with Crippen LogP contribution in [0.2, 0.25) is 0 Å². The molecular formula is C21H25N3O3S. The standard InChI is InChI=1S/C21H25N3O3S/c1-15-6-5-7-16(14-15)20-24-23-19(27-20)12-13-22-28(25,26)18-10-8-17(9-11-18)21(2,3)4/h5-11,14,22H,12-13H2,1-4H3. The van der Waals surface area contributed by atoms with Crippen molar-refractivity contribution in [3.63, 3.8) is 0 Å². The maximum absolute atomic E-state index is 12.5. The Kier molecular flexibility index (Phi) is 5.67. The lowest BCUT2D eigenvalue weighted by Gasteiger charge is -2.19. The number of rotatable bonds is 6. The molecule has 0 atom stereocenters. The molecule has 0 spiro atoms. The van der Waals surface area contributed by atoms with Crippen LogP contribution >= 0.6 is 0 Å². The summed E-state index contributed by atoms with van der Waals surface area (Å²) in [6.07, 6.45) is 0.318. The summed E-state index contributed by atoms with van der Waals surface area (Å²) in [7, 11) is -3.58. The predicted octanol–water partition coefficient (Wildman–Crippen LogP) is 3.86. The van der Waals surface area contributed by atoms with Crippen molar-refractivity contribution in [2.24, 2.45) is 0 Å². The summed E-state index contributed by atoms with van der Waals surface area (Å²) in [6.45, 7) is 8.43. The van der Waals surface area contributed by atoms with Gasteiger partial charge in [-0.1, -0.05) is 50.6 Å². The van der Waals surface area contributed by atoms with Crippen LogP contribution in [0.5, 0.6) is 0 Å². The number of nitrogens with one attached hydrogen (secondary N) is 1. The Hall–Kier alpha value is -2.51. The van der Waals surface area contributed by atoms with E-state index in [0.717, 1.165) is 16.7 Å². The first kappa shape index (κ1) is 20.2. The van der Waals surface area contributed by atoms with Crippen LogP contribution in [0.15, 0.2) is 57.8 Å². The monoisotopic (exact) mass is 399 g/mol. The van der Waals surface area contributed by atoms with Crippen molar-refractivity contribution in [2.75, 3.05) is 6.54 Å². The fourth-order valence-electron chi connectivity index (χ4n) is 2.76. The largest absolute Gasteiger partial charge is 0.421 e. The van der Waals surface area contributed by atoms with Gasteiger partial charge in [0.15, 0.2) is 0 Å². The second kappa shape index (κ2) is 7.85. The molecule has 0 fully saturated rings. The average Bonchev–Trinajstić information content (AvgIpc) is 3.10. The number of hydrogen-bond donors (Lipinski definition) is 1. The summed E-state index contributed by atoms with van der Waals surface area (Å²) in [6, 6.07) is 14.7. The topological polar surface area (TPSA) is 85.1 Å². The summed E-state index contributed by atoms with van der Waals surface area (Å²) in [5.41, 5.74) is 3.00. The molecule has 3 aromatic rings. The number of aryl methyl sites for hydroxylation is 1. The van der Waals surface area contributed by atoms with Gasteiger partial charge in [0.2, 0.25) is 21.8 Å². The molecule has 0 unspecified atom stereocenters. The molecule has 28 heavy (non-hydrogen) atoms. The van der Waals surface area contributed by atoms with Crippen LogP contribution in [0, 0.1) is 6.92 Å². The third kappa shape index (κ3) is 4.85. The smallest absolute Gasteiger partial charge is 0.247 e. The van der Waals surface area contributed by atoms with E-state index in [4.69, 9.17) is 4.42 Å². The van der Waals surface area contributed by atoms with Crippen molar-refractivity contribution >= 4 is 10.0 Å². The van der Waals surface area contributed by atoms with Crippen molar-refractivity contribution in [1.29, 1.82) is 0 Å². The van der Waals surface area contributed by atoms with Crippen molar-refractivity contribution in [3.05, 3.63) is 65.5 Å². The SMILES string of the molecule is Cc1cccc(-c2nnc(CCNS(=O)(=O)c3ccc(C(C)(C)C)cc3)o2)c1. The van der Waals surface area contributed by atoms with Gasteiger partial charge in [-0.2, -0.15) is 0 Å². The van der Waals surface area contributed by atoms with Crippen LogP contribution in [0.4, 0.5) is 0 Å². The molecule has 1 heterocycles. The Morgan fingerprint density at radius 1 is 1.04 bits per heavy atom. The van der Waals surface area contributed by atoms with Gasteiger partial charge in [0.1, 0.15) is 0 Å². The molecule has 0 radical (unpaired) electrons. The summed E-state index contributed by atoms with van der Waals surface area (Å²) < 4.78 is 33.2. The zero-order valence-corrected chi connectivity index (χ0v) is 17.4. The van der Waals surface area contributed by atoms with Gasteiger partial charge in [-0.3, -0.25) is 0 Å². The van der Waals surface area contributed by atoms with Gasteiger partial charge >= 0.3 is 0 Å². The van der Waals surface area contributed by atoms with E-state index in [-0.39, 0.29) is 16.9 Å². The van der Waals surface area contributed by atoms with Crippen LogP contribution in [-0.4, -0.2) is 25.2 Å². The van der Waals surface area contributed by atoms with E-state index in [2.05, 4.69) is 35.7 Å². The Balaban J connectivity index is 1.61. The van der Waals surface area contributed by atoms with E-state index >= 15 is 0 Å². The minimum absolute atomic E-state index is 0.0251. The molecule has 3 rings (SSSR count). The highest BCUT2D eigenvalue weighted by atomic mass is 32.2. The fourth-order valence-corrected chi connectivity index (χ4v) is 3.79. The molecule has 0 bridgehead atoms. The summed E-state index contributed by atoms with van der Waals surface area (Å²) in [5, 5.41) is 8.04. The first-order chi connectivity index (χ1) is 13.1. The Morgan fingerprint density at radius 3 is 2.39 bits per heavy atom. The molecule has 0 saturated carbocycles. The molecule has 1 N–H and O–H groups in total. The van der Waals surface area contributed by atoms with Crippen LogP contribution in [0.3, 0.4) is 0 Å². The predicted molar refractivity (Wildman–Crippen MR) is 109 cm³/mol. The van der Waals surface area contributed by atoms with E-state index < -0.39 is 10.0 Å².